The molecule has 3 aromatic heterocycles. The van der Waals surface area contributed by atoms with Gasteiger partial charge in [0.15, 0.2) is 11.6 Å². The number of amides is 2. The van der Waals surface area contributed by atoms with E-state index in [-0.39, 0.29) is 29.0 Å². The van der Waals surface area contributed by atoms with Crippen molar-refractivity contribution in [1.29, 1.82) is 0 Å². The molecule has 5 heterocycles. The molecule has 35 heavy (non-hydrogen) atoms. The SMILES string of the molecule is CC(C)NC(=O)N1CC[C@@]2(CCn3nc(-c4cnc(N)c(O[C@H](C)c5ncccc5F)c4)cc32)C1. The maximum atomic E-state index is 14.1. The first kappa shape index (κ1) is 23.1. The third-order valence-electron chi connectivity index (χ3n) is 6.83. The van der Waals surface area contributed by atoms with E-state index in [0.717, 1.165) is 42.9 Å². The Morgan fingerprint density at radius 3 is 2.80 bits per heavy atom. The molecule has 2 atom stereocenters. The van der Waals surface area contributed by atoms with Crippen LogP contribution in [0.2, 0.25) is 0 Å². The molecule has 3 aromatic rings. The van der Waals surface area contributed by atoms with Crippen molar-refractivity contribution in [3.05, 3.63) is 53.9 Å². The van der Waals surface area contributed by atoms with Crippen LogP contribution in [0.5, 0.6) is 5.75 Å². The Morgan fingerprint density at radius 2 is 2.03 bits per heavy atom. The molecule has 1 spiro atoms. The van der Waals surface area contributed by atoms with Crippen LogP contribution in [0.3, 0.4) is 0 Å². The van der Waals surface area contributed by atoms with E-state index in [4.69, 9.17) is 15.6 Å². The monoisotopic (exact) mass is 479 g/mol. The lowest BCUT2D eigenvalue weighted by atomic mass is 9.82. The largest absolute Gasteiger partial charge is 0.480 e. The van der Waals surface area contributed by atoms with Crippen LogP contribution in [-0.4, -0.2) is 49.8 Å². The van der Waals surface area contributed by atoms with Crippen LogP contribution >= 0.6 is 0 Å². The van der Waals surface area contributed by atoms with Crippen molar-refractivity contribution in [2.24, 2.45) is 0 Å². The van der Waals surface area contributed by atoms with Gasteiger partial charge in [0.25, 0.3) is 0 Å². The summed E-state index contributed by atoms with van der Waals surface area (Å²) >= 11 is 0. The van der Waals surface area contributed by atoms with Gasteiger partial charge >= 0.3 is 6.03 Å². The Balaban J connectivity index is 1.37. The molecule has 5 rings (SSSR count). The number of hydrogen-bond acceptors (Lipinski definition) is 6. The number of carbonyl (C=O) groups excluding carboxylic acids is 1. The van der Waals surface area contributed by atoms with Crippen molar-refractivity contribution in [3.63, 3.8) is 0 Å². The number of urea groups is 1. The molecule has 10 heteroatoms. The van der Waals surface area contributed by atoms with Crippen LogP contribution in [-0.2, 0) is 12.0 Å². The Kier molecular flexibility index (Phi) is 5.82. The van der Waals surface area contributed by atoms with E-state index in [0.29, 0.717) is 12.3 Å². The minimum Gasteiger partial charge on any atom is -0.480 e. The molecule has 2 amide bonds. The number of nitrogen functional groups attached to an aromatic ring is 1. The number of fused-ring (bicyclic) bond motifs is 2. The van der Waals surface area contributed by atoms with Crippen LogP contribution in [0.1, 0.15) is 51.1 Å². The summed E-state index contributed by atoms with van der Waals surface area (Å²) in [5, 5.41) is 7.80. The summed E-state index contributed by atoms with van der Waals surface area (Å²) < 4.78 is 22.1. The number of anilines is 1. The molecular weight excluding hydrogens is 449 g/mol. The van der Waals surface area contributed by atoms with Gasteiger partial charge in [0, 0.05) is 54.7 Å². The summed E-state index contributed by atoms with van der Waals surface area (Å²) in [5.41, 5.74) is 8.82. The second-order valence-corrected chi connectivity index (χ2v) is 9.68. The molecular formula is C25H30FN7O2. The predicted octanol–water partition coefficient (Wildman–Crippen LogP) is 3.67. The number of rotatable bonds is 5. The van der Waals surface area contributed by atoms with Crippen LogP contribution in [0.4, 0.5) is 15.0 Å². The van der Waals surface area contributed by atoms with E-state index in [1.165, 1.54) is 18.3 Å². The highest BCUT2D eigenvalue weighted by molar-refractivity contribution is 5.75. The van der Waals surface area contributed by atoms with Gasteiger partial charge in [-0.05, 0) is 57.9 Å². The average Bonchev–Trinajstić information content (AvgIpc) is 3.52. The molecule has 184 valence electrons. The fraction of sp³-hybridized carbons (Fsp3) is 0.440. The lowest BCUT2D eigenvalue weighted by Gasteiger charge is -2.24. The second kappa shape index (κ2) is 8.83. The van der Waals surface area contributed by atoms with Gasteiger partial charge in [-0.25, -0.2) is 14.2 Å². The zero-order valence-corrected chi connectivity index (χ0v) is 20.2. The molecule has 1 saturated heterocycles. The van der Waals surface area contributed by atoms with Gasteiger partial charge in [-0.15, -0.1) is 0 Å². The molecule has 0 unspecified atom stereocenters. The van der Waals surface area contributed by atoms with Gasteiger partial charge in [-0.1, -0.05) is 0 Å². The highest BCUT2D eigenvalue weighted by Gasteiger charge is 2.47. The van der Waals surface area contributed by atoms with Crippen molar-refractivity contribution in [3.8, 4) is 17.0 Å². The summed E-state index contributed by atoms with van der Waals surface area (Å²) in [4.78, 5) is 22.8. The van der Waals surface area contributed by atoms with E-state index in [9.17, 15) is 9.18 Å². The van der Waals surface area contributed by atoms with Crippen LogP contribution in [0.15, 0.2) is 36.7 Å². The molecule has 0 aromatic carbocycles. The van der Waals surface area contributed by atoms with E-state index in [1.807, 2.05) is 23.4 Å². The van der Waals surface area contributed by atoms with Gasteiger partial charge in [0.2, 0.25) is 0 Å². The normalized spacial score (nSPS) is 19.9. The lowest BCUT2D eigenvalue weighted by molar-refractivity contribution is 0.203. The van der Waals surface area contributed by atoms with Crippen molar-refractivity contribution in [1.82, 2.24) is 30.0 Å². The van der Waals surface area contributed by atoms with Crippen molar-refractivity contribution >= 4 is 11.8 Å². The Hall–Kier alpha value is -3.69. The molecule has 0 aliphatic carbocycles. The van der Waals surface area contributed by atoms with Crippen molar-refractivity contribution < 1.29 is 13.9 Å². The highest BCUT2D eigenvalue weighted by atomic mass is 19.1. The smallest absolute Gasteiger partial charge is 0.317 e. The van der Waals surface area contributed by atoms with E-state index in [2.05, 4.69) is 21.4 Å². The number of nitrogens with two attached hydrogens (primary N) is 1. The number of carbonyl (C=O) groups is 1. The number of likely N-dealkylation sites (tertiary alicyclic amines) is 1. The van der Waals surface area contributed by atoms with Gasteiger partial charge in [0.1, 0.15) is 17.6 Å². The molecule has 3 N–H and O–H groups in total. The topological polar surface area (TPSA) is 111 Å². The van der Waals surface area contributed by atoms with E-state index < -0.39 is 11.9 Å². The molecule has 0 radical (unpaired) electrons. The molecule has 2 aliphatic rings. The molecule has 0 saturated carbocycles. The number of hydrogen-bond donors (Lipinski definition) is 2. The number of pyridine rings is 2. The minimum atomic E-state index is -0.646. The molecule has 0 bridgehead atoms. The first-order valence-corrected chi connectivity index (χ1v) is 11.9. The second-order valence-electron chi connectivity index (χ2n) is 9.68. The van der Waals surface area contributed by atoms with Crippen LogP contribution < -0.4 is 15.8 Å². The molecule has 9 nitrogen and oxygen atoms in total. The zero-order chi connectivity index (χ0) is 24.7. The van der Waals surface area contributed by atoms with E-state index >= 15 is 0 Å². The first-order chi connectivity index (χ1) is 16.8. The summed E-state index contributed by atoms with van der Waals surface area (Å²) in [5.74, 6) is 0.120. The molecule has 2 aliphatic heterocycles. The van der Waals surface area contributed by atoms with Crippen LogP contribution in [0.25, 0.3) is 11.3 Å². The Morgan fingerprint density at radius 1 is 1.23 bits per heavy atom. The third kappa shape index (κ3) is 4.28. The number of aryl methyl sites for hydroxylation is 1. The summed E-state index contributed by atoms with van der Waals surface area (Å²) in [7, 11) is 0. The zero-order valence-electron chi connectivity index (χ0n) is 20.2. The Labute approximate surface area is 203 Å². The van der Waals surface area contributed by atoms with Gasteiger partial charge in [0.05, 0.1) is 5.69 Å². The van der Waals surface area contributed by atoms with E-state index in [1.54, 1.807) is 19.2 Å². The number of halogens is 1. The minimum absolute atomic E-state index is 0.0157. The first-order valence-electron chi connectivity index (χ1n) is 11.9. The van der Waals surface area contributed by atoms with Gasteiger partial charge in [-0.2, -0.15) is 5.10 Å². The highest BCUT2D eigenvalue weighted by Crippen LogP contribution is 2.44. The quantitative estimate of drug-likeness (QED) is 0.578. The lowest BCUT2D eigenvalue weighted by Crippen LogP contribution is -2.43. The Bertz CT molecular complexity index is 1260. The fourth-order valence-corrected chi connectivity index (χ4v) is 5.03. The summed E-state index contributed by atoms with van der Waals surface area (Å²) in [6, 6.07) is 6.83. The molecule has 1 fully saturated rings. The van der Waals surface area contributed by atoms with Gasteiger partial charge in [-0.3, -0.25) is 9.67 Å². The predicted molar refractivity (Wildman–Crippen MR) is 129 cm³/mol. The van der Waals surface area contributed by atoms with Crippen molar-refractivity contribution in [2.45, 2.75) is 57.7 Å². The maximum Gasteiger partial charge on any atom is 0.317 e. The number of nitrogens with one attached hydrogen (secondary N) is 1. The van der Waals surface area contributed by atoms with Gasteiger partial charge < -0.3 is 20.7 Å². The number of ether oxygens (including phenoxy) is 1. The third-order valence-corrected chi connectivity index (χ3v) is 6.83. The fourth-order valence-electron chi connectivity index (χ4n) is 5.03. The number of nitrogens with zero attached hydrogens (tertiary/aromatic N) is 5. The maximum absolute atomic E-state index is 14.1. The summed E-state index contributed by atoms with van der Waals surface area (Å²) in [6.45, 7) is 7.85. The number of aromatic nitrogens is 4. The average molecular weight is 480 g/mol. The van der Waals surface area contributed by atoms with Crippen LogP contribution in [0, 0.1) is 5.82 Å². The van der Waals surface area contributed by atoms with Crippen molar-refractivity contribution in [2.75, 3.05) is 18.8 Å². The summed E-state index contributed by atoms with van der Waals surface area (Å²) in [6.07, 6.45) is 4.41. The standard InChI is InChI=1S/C25H30FN7O2/c1-15(2)30-24(34)32-9-6-25(14-32)7-10-33-21(25)12-19(31-33)17-11-20(23(27)29-13-17)35-16(3)22-18(26)5-4-8-28-22/h4-5,8,11-13,15-16H,6-7,9-10,14H2,1-3H3,(H2,27,29)(H,30,34)/t16-,25-/m1/s1.